The number of carbonyl (C=O) groups excluding carboxylic acids is 1. The Morgan fingerprint density at radius 3 is 2.32 bits per heavy atom. The van der Waals surface area contributed by atoms with Gasteiger partial charge >= 0.3 is 0 Å². The Kier molecular flexibility index (Phi) is 5.66. The molecule has 0 aliphatic carbocycles. The topological polar surface area (TPSA) is 41.5 Å². The molecule has 0 aliphatic heterocycles. The molecule has 0 bridgehead atoms. The Balaban J connectivity index is 1.86. The SMILES string of the molecule is CC(C)c1ccc(C=NNC(=O)/C=C/c2ccccc2)cc1. The third-order valence-corrected chi connectivity index (χ3v) is 3.22. The molecule has 3 nitrogen and oxygen atoms in total. The van der Waals surface area contributed by atoms with Gasteiger partial charge in [0.25, 0.3) is 5.91 Å². The predicted octanol–water partition coefficient (Wildman–Crippen LogP) is 3.97. The van der Waals surface area contributed by atoms with Crippen LogP contribution in [0.5, 0.6) is 0 Å². The lowest BCUT2D eigenvalue weighted by Crippen LogP contribution is -2.14. The maximum Gasteiger partial charge on any atom is 0.264 e. The third-order valence-electron chi connectivity index (χ3n) is 3.22. The van der Waals surface area contributed by atoms with E-state index in [1.807, 2.05) is 42.5 Å². The number of rotatable bonds is 5. The van der Waals surface area contributed by atoms with Gasteiger partial charge in [-0.15, -0.1) is 0 Å². The van der Waals surface area contributed by atoms with Gasteiger partial charge < -0.3 is 0 Å². The van der Waals surface area contributed by atoms with Crippen molar-refractivity contribution in [3.63, 3.8) is 0 Å². The molecule has 0 fully saturated rings. The number of carbonyl (C=O) groups is 1. The summed E-state index contributed by atoms with van der Waals surface area (Å²) in [6.07, 6.45) is 4.86. The Bertz CT molecular complexity index is 656. The van der Waals surface area contributed by atoms with Crippen LogP contribution in [0.2, 0.25) is 0 Å². The van der Waals surface area contributed by atoms with Crippen LogP contribution >= 0.6 is 0 Å². The molecule has 0 atom stereocenters. The van der Waals surface area contributed by atoms with Crippen LogP contribution in [0, 0.1) is 0 Å². The average molecular weight is 292 g/mol. The van der Waals surface area contributed by atoms with Gasteiger partial charge in [0.1, 0.15) is 0 Å². The van der Waals surface area contributed by atoms with E-state index in [1.54, 1.807) is 12.3 Å². The second kappa shape index (κ2) is 7.93. The maximum atomic E-state index is 11.6. The normalized spacial score (nSPS) is 11.4. The quantitative estimate of drug-likeness (QED) is 0.505. The molecule has 0 heterocycles. The van der Waals surface area contributed by atoms with E-state index >= 15 is 0 Å². The molecule has 0 unspecified atom stereocenters. The number of hydrazone groups is 1. The molecule has 0 aliphatic rings. The smallest absolute Gasteiger partial charge is 0.264 e. The largest absolute Gasteiger partial charge is 0.268 e. The van der Waals surface area contributed by atoms with Crippen molar-refractivity contribution in [2.45, 2.75) is 19.8 Å². The Morgan fingerprint density at radius 2 is 1.68 bits per heavy atom. The number of nitrogens with zero attached hydrogens (tertiary/aromatic N) is 1. The lowest BCUT2D eigenvalue weighted by atomic mass is 10.0. The zero-order valence-corrected chi connectivity index (χ0v) is 12.9. The van der Waals surface area contributed by atoms with Crippen LogP contribution < -0.4 is 5.43 Å². The van der Waals surface area contributed by atoms with Gasteiger partial charge in [-0.25, -0.2) is 5.43 Å². The average Bonchev–Trinajstić information content (AvgIpc) is 2.54. The van der Waals surface area contributed by atoms with Gasteiger partial charge in [0.05, 0.1) is 6.21 Å². The zero-order chi connectivity index (χ0) is 15.8. The lowest BCUT2D eigenvalue weighted by molar-refractivity contribution is -0.116. The fraction of sp³-hybridized carbons (Fsp3) is 0.158. The standard InChI is InChI=1S/C19H20N2O/c1-15(2)18-11-8-17(9-12-18)14-20-21-19(22)13-10-16-6-4-3-5-7-16/h3-15H,1-2H3,(H,21,22)/b13-10+,20-14?. The van der Waals surface area contributed by atoms with Gasteiger partial charge in [-0.05, 0) is 28.7 Å². The van der Waals surface area contributed by atoms with E-state index in [1.165, 1.54) is 11.6 Å². The summed E-state index contributed by atoms with van der Waals surface area (Å²) in [7, 11) is 0. The first kappa shape index (κ1) is 15.7. The van der Waals surface area contributed by atoms with Crippen molar-refractivity contribution in [1.29, 1.82) is 0 Å². The van der Waals surface area contributed by atoms with Crippen molar-refractivity contribution >= 4 is 18.2 Å². The van der Waals surface area contributed by atoms with Crippen molar-refractivity contribution in [3.8, 4) is 0 Å². The third kappa shape index (κ3) is 5.02. The summed E-state index contributed by atoms with van der Waals surface area (Å²) < 4.78 is 0. The van der Waals surface area contributed by atoms with E-state index < -0.39 is 0 Å². The van der Waals surface area contributed by atoms with Crippen molar-refractivity contribution in [1.82, 2.24) is 5.43 Å². The minimum Gasteiger partial charge on any atom is -0.268 e. The molecular formula is C19H20N2O. The molecule has 0 radical (unpaired) electrons. The Labute approximate surface area is 131 Å². The van der Waals surface area contributed by atoms with Gasteiger partial charge in [0, 0.05) is 6.08 Å². The van der Waals surface area contributed by atoms with Crippen molar-refractivity contribution in [2.24, 2.45) is 5.10 Å². The fourth-order valence-electron chi connectivity index (χ4n) is 1.91. The summed E-state index contributed by atoms with van der Waals surface area (Å²) in [4.78, 5) is 11.6. The van der Waals surface area contributed by atoms with Crippen LogP contribution in [0.3, 0.4) is 0 Å². The Hall–Kier alpha value is -2.68. The van der Waals surface area contributed by atoms with Gasteiger partial charge in [-0.1, -0.05) is 68.4 Å². The molecule has 0 spiro atoms. The molecule has 2 aromatic carbocycles. The van der Waals surface area contributed by atoms with Crippen LogP contribution in [-0.4, -0.2) is 12.1 Å². The van der Waals surface area contributed by atoms with E-state index in [4.69, 9.17) is 0 Å². The molecule has 0 aromatic heterocycles. The summed E-state index contributed by atoms with van der Waals surface area (Å²) in [6.45, 7) is 4.31. The van der Waals surface area contributed by atoms with E-state index in [2.05, 4.69) is 36.5 Å². The zero-order valence-electron chi connectivity index (χ0n) is 12.9. The van der Waals surface area contributed by atoms with Gasteiger partial charge in [-0.2, -0.15) is 5.10 Å². The van der Waals surface area contributed by atoms with Crippen LogP contribution in [0.15, 0.2) is 65.8 Å². The van der Waals surface area contributed by atoms with E-state index in [-0.39, 0.29) is 5.91 Å². The molecule has 22 heavy (non-hydrogen) atoms. The molecule has 112 valence electrons. The van der Waals surface area contributed by atoms with Crippen LogP contribution in [0.1, 0.15) is 36.5 Å². The van der Waals surface area contributed by atoms with Crippen LogP contribution in [0.4, 0.5) is 0 Å². The molecule has 1 amide bonds. The van der Waals surface area contributed by atoms with Gasteiger partial charge in [-0.3, -0.25) is 4.79 Å². The lowest BCUT2D eigenvalue weighted by Gasteiger charge is -2.04. The molecule has 0 saturated heterocycles. The first-order valence-electron chi connectivity index (χ1n) is 7.31. The van der Waals surface area contributed by atoms with Crippen molar-refractivity contribution in [2.75, 3.05) is 0 Å². The highest BCUT2D eigenvalue weighted by molar-refractivity contribution is 5.92. The first-order chi connectivity index (χ1) is 10.6. The molecule has 2 rings (SSSR count). The van der Waals surface area contributed by atoms with Crippen molar-refractivity contribution in [3.05, 3.63) is 77.4 Å². The molecule has 0 saturated carbocycles. The number of benzene rings is 2. The predicted molar refractivity (Wildman–Crippen MR) is 91.7 cm³/mol. The van der Waals surface area contributed by atoms with Gasteiger partial charge in [0.2, 0.25) is 0 Å². The van der Waals surface area contributed by atoms with Gasteiger partial charge in [0.15, 0.2) is 0 Å². The number of amides is 1. The molecular weight excluding hydrogens is 272 g/mol. The molecule has 2 aromatic rings. The summed E-state index contributed by atoms with van der Waals surface area (Å²) in [5.74, 6) is 0.257. The highest BCUT2D eigenvalue weighted by Crippen LogP contribution is 2.13. The summed E-state index contributed by atoms with van der Waals surface area (Å²) in [5, 5.41) is 3.95. The molecule has 3 heteroatoms. The maximum absolute atomic E-state index is 11.6. The van der Waals surface area contributed by atoms with E-state index in [0.717, 1.165) is 11.1 Å². The number of hydrogen-bond acceptors (Lipinski definition) is 2. The minimum atomic E-state index is -0.251. The summed E-state index contributed by atoms with van der Waals surface area (Å²) in [6, 6.07) is 17.8. The summed E-state index contributed by atoms with van der Waals surface area (Å²) >= 11 is 0. The number of nitrogens with one attached hydrogen (secondary N) is 1. The minimum absolute atomic E-state index is 0.251. The van der Waals surface area contributed by atoms with Crippen molar-refractivity contribution < 1.29 is 4.79 Å². The second-order valence-electron chi connectivity index (χ2n) is 5.30. The highest BCUT2D eigenvalue weighted by Gasteiger charge is 1.97. The van der Waals surface area contributed by atoms with Crippen LogP contribution in [0.25, 0.3) is 6.08 Å². The highest BCUT2D eigenvalue weighted by atomic mass is 16.2. The fourth-order valence-corrected chi connectivity index (χ4v) is 1.91. The van der Waals surface area contributed by atoms with E-state index in [9.17, 15) is 4.79 Å². The monoisotopic (exact) mass is 292 g/mol. The Morgan fingerprint density at radius 1 is 1.00 bits per heavy atom. The second-order valence-corrected chi connectivity index (χ2v) is 5.30. The first-order valence-corrected chi connectivity index (χ1v) is 7.31. The summed E-state index contributed by atoms with van der Waals surface area (Å²) in [5.41, 5.74) is 5.70. The van der Waals surface area contributed by atoms with Crippen LogP contribution in [-0.2, 0) is 4.79 Å². The number of hydrogen-bond donors (Lipinski definition) is 1. The molecule has 1 N–H and O–H groups in total. The van der Waals surface area contributed by atoms with E-state index in [0.29, 0.717) is 5.92 Å².